The molecule has 1 saturated carbocycles. The Balaban J connectivity index is 1.76. The van der Waals surface area contributed by atoms with Gasteiger partial charge in [-0.25, -0.2) is 0 Å². The SMILES string of the molecule is CCCCNC(=O)C1CCC(C(=O)Nc2ccc(OC)cc2)CC1. The van der Waals surface area contributed by atoms with Crippen LogP contribution >= 0.6 is 0 Å². The standard InChI is InChI=1S/C19H28N2O3/c1-3-4-13-20-18(22)14-5-7-15(8-6-14)19(23)21-16-9-11-17(24-2)12-10-16/h9-12,14-15H,3-8,13H2,1-2H3,(H,20,22)(H,21,23). The van der Waals surface area contributed by atoms with Gasteiger partial charge in [0, 0.05) is 24.1 Å². The lowest BCUT2D eigenvalue weighted by Gasteiger charge is -2.27. The zero-order valence-electron chi connectivity index (χ0n) is 14.6. The van der Waals surface area contributed by atoms with Gasteiger partial charge in [0.25, 0.3) is 0 Å². The third-order valence-corrected chi connectivity index (χ3v) is 4.66. The zero-order valence-corrected chi connectivity index (χ0v) is 14.6. The largest absolute Gasteiger partial charge is 0.497 e. The summed E-state index contributed by atoms with van der Waals surface area (Å²) in [4.78, 5) is 24.4. The van der Waals surface area contributed by atoms with E-state index in [-0.39, 0.29) is 23.7 Å². The molecule has 1 aromatic carbocycles. The summed E-state index contributed by atoms with van der Waals surface area (Å²) in [5.41, 5.74) is 0.778. The van der Waals surface area contributed by atoms with Gasteiger partial charge in [-0.05, 0) is 56.4 Å². The van der Waals surface area contributed by atoms with E-state index >= 15 is 0 Å². The van der Waals surface area contributed by atoms with Gasteiger partial charge in [-0.1, -0.05) is 13.3 Å². The van der Waals surface area contributed by atoms with Crippen LogP contribution in [0.4, 0.5) is 5.69 Å². The van der Waals surface area contributed by atoms with Crippen molar-refractivity contribution >= 4 is 17.5 Å². The number of nitrogens with one attached hydrogen (secondary N) is 2. The summed E-state index contributed by atoms with van der Waals surface area (Å²) < 4.78 is 5.11. The Morgan fingerprint density at radius 2 is 1.62 bits per heavy atom. The number of anilines is 1. The topological polar surface area (TPSA) is 67.4 Å². The van der Waals surface area contributed by atoms with E-state index in [1.807, 2.05) is 24.3 Å². The van der Waals surface area contributed by atoms with Gasteiger partial charge >= 0.3 is 0 Å². The van der Waals surface area contributed by atoms with Crippen molar-refractivity contribution < 1.29 is 14.3 Å². The number of carbonyl (C=O) groups excluding carboxylic acids is 2. The second-order valence-electron chi connectivity index (χ2n) is 6.41. The van der Waals surface area contributed by atoms with Crippen LogP contribution in [0.2, 0.25) is 0 Å². The third-order valence-electron chi connectivity index (χ3n) is 4.66. The number of methoxy groups -OCH3 is 1. The molecule has 1 fully saturated rings. The molecule has 2 amide bonds. The highest BCUT2D eigenvalue weighted by Gasteiger charge is 2.29. The van der Waals surface area contributed by atoms with E-state index in [1.54, 1.807) is 7.11 Å². The second-order valence-corrected chi connectivity index (χ2v) is 6.41. The van der Waals surface area contributed by atoms with Crippen LogP contribution in [-0.4, -0.2) is 25.5 Å². The molecule has 1 aliphatic carbocycles. The van der Waals surface area contributed by atoms with E-state index in [1.165, 1.54) is 0 Å². The number of hydrogen-bond donors (Lipinski definition) is 2. The number of carbonyl (C=O) groups is 2. The van der Waals surface area contributed by atoms with Crippen molar-refractivity contribution in [3.63, 3.8) is 0 Å². The van der Waals surface area contributed by atoms with Crippen molar-refractivity contribution in [2.75, 3.05) is 19.0 Å². The fraction of sp³-hybridized carbons (Fsp3) is 0.579. The minimum Gasteiger partial charge on any atom is -0.497 e. The quantitative estimate of drug-likeness (QED) is 0.752. The molecule has 24 heavy (non-hydrogen) atoms. The van der Waals surface area contributed by atoms with Crippen LogP contribution in [0.3, 0.4) is 0 Å². The second kappa shape index (κ2) is 9.30. The van der Waals surface area contributed by atoms with Gasteiger partial charge in [-0.3, -0.25) is 9.59 Å². The summed E-state index contributed by atoms with van der Waals surface area (Å²) in [6.07, 6.45) is 5.23. The summed E-state index contributed by atoms with van der Waals surface area (Å²) in [5, 5.41) is 5.95. The van der Waals surface area contributed by atoms with Crippen molar-refractivity contribution in [2.24, 2.45) is 11.8 Å². The van der Waals surface area contributed by atoms with Crippen LogP contribution in [0.5, 0.6) is 5.75 Å². The molecule has 0 saturated heterocycles. The van der Waals surface area contributed by atoms with Crippen LogP contribution in [0.1, 0.15) is 45.4 Å². The molecule has 0 heterocycles. The number of rotatable bonds is 7. The van der Waals surface area contributed by atoms with E-state index in [9.17, 15) is 9.59 Å². The molecule has 2 rings (SSSR count). The molecule has 0 bridgehead atoms. The van der Waals surface area contributed by atoms with Crippen molar-refractivity contribution in [3.05, 3.63) is 24.3 Å². The Morgan fingerprint density at radius 3 is 2.17 bits per heavy atom. The average Bonchev–Trinajstić information content (AvgIpc) is 2.62. The first kappa shape index (κ1) is 18.3. The van der Waals surface area contributed by atoms with Crippen LogP contribution < -0.4 is 15.4 Å². The smallest absolute Gasteiger partial charge is 0.227 e. The van der Waals surface area contributed by atoms with E-state index in [0.29, 0.717) is 0 Å². The molecular formula is C19H28N2O3. The molecular weight excluding hydrogens is 304 g/mol. The first-order chi connectivity index (χ1) is 11.6. The number of unbranched alkanes of at least 4 members (excludes halogenated alkanes) is 1. The van der Waals surface area contributed by atoms with Crippen LogP contribution in [0, 0.1) is 11.8 Å². The van der Waals surface area contributed by atoms with Crippen molar-refractivity contribution in [3.8, 4) is 5.75 Å². The summed E-state index contributed by atoms with van der Waals surface area (Å²) in [6, 6.07) is 7.33. The first-order valence-electron chi connectivity index (χ1n) is 8.86. The highest BCUT2D eigenvalue weighted by atomic mass is 16.5. The number of ether oxygens (including phenoxy) is 1. The van der Waals surface area contributed by atoms with Crippen LogP contribution in [0.15, 0.2) is 24.3 Å². The van der Waals surface area contributed by atoms with Gasteiger partial charge in [-0.2, -0.15) is 0 Å². The summed E-state index contributed by atoms with van der Waals surface area (Å²) in [6.45, 7) is 2.87. The van der Waals surface area contributed by atoms with Gasteiger partial charge in [0.05, 0.1) is 7.11 Å². The lowest BCUT2D eigenvalue weighted by molar-refractivity contribution is -0.128. The third kappa shape index (κ3) is 5.25. The average molecular weight is 332 g/mol. The maximum absolute atomic E-state index is 12.4. The minimum atomic E-state index is -0.00760. The van der Waals surface area contributed by atoms with Gasteiger partial charge in [0.2, 0.25) is 11.8 Å². The van der Waals surface area contributed by atoms with E-state index in [0.717, 1.165) is 56.5 Å². The predicted molar refractivity (Wildman–Crippen MR) is 95.0 cm³/mol. The summed E-state index contributed by atoms with van der Waals surface area (Å²) >= 11 is 0. The number of hydrogen-bond acceptors (Lipinski definition) is 3. The molecule has 2 N–H and O–H groups in total. The fourth-order valence-electron chi connectivity index (χ4n) is 3.07. The Labute approximate surface area is 144 Å². The van der Waals surface area contributed by atoms with Crippen molar-refractivity contribution in [2.45, 2.75) is 45.4 Å². The molecule has 0 aromatic heterocycles. The lowest BCUT2D eigenvalue weighted by Crippen LogP contribution is -2.35. The molecule has 0 atom stereocenters. The molecule has 0 spiro atoms. The maximum atomic E-state index is 12.4. The van der Waals surface area contributed by atoms with Crippen molar-refractivity contribution in [1.29, 1.82) is 0 Å². The first-order valence-corrected chi connectivity index (χ1v) is 8.86. The molecule has 0 aliphatic heterocycles. The highest BCUT2D eigenvalue weighted by molar-refractivity contribution is 5.92. The lowest BCUT2D eigenvalue weighted by atomic mass is 9.81. The summed E-state index contributed by atoms with van der Waals surface area (Å²) in [7, 11) is 1.62. The highest BCUT2D eigenvalue weighted by Crippen LogP contribution is 2.30. The van der Waals surface area contributed by atoms with Gasteiger partial charge < -0.3 is 15.4 Å². The fourth-order valence-corrected chi connectivity index (χ4v) is 3.07. The van der Waals surface area contributed by atoms with E-state index in [4.69, 9.17) is 4.74 Å². The van der Waals surface area contributed by atoms with Crippen LogP contribution in [-0.2, 0) is 9.59 Å². The number of amides is 2. The molecule has 5 nitrogen and oxygen atoms in total. The molecule has 132 valence electrons. The molecule has 5 heteroatoms. The Bertz CT molecular complexity index is 534. The molecule has 1 aliphatic rings. The van der Waals surface area contributed by atoms with Crippen molar-refractivity contribution in [1.82, 2.24) is 5.32 Å². The number of benzene rings is 1. The predicted octanol–water partition coefficient (Wildman–Crippen LogP) is 3.36. The monoisotopic (exact) mass is 332 g/mol. The molecule has 0 unspecified atom stereocenters. The summed E-state index contributed by atoms with van der Waals surface area (Å²) in [5.74, 6) is 1.02. The Kier molecular flexibility index (Phi) is 7.09. The minimum absolute atomic E-state index is 0.00760. The van der Waals surface area contributed by atoms with Gasteiger partial charge in [0.1, 0.15) is 5.75 Å². The molecule has 0 radical (unpaired) electrons. The van der Waals surface area contributed by atoms with E-state index in [2.05, 4.69) is 17.6 Å². The zero-order chi connectivity index (χ0) is 17.4. The maximum Gasteiger partial charge on any atom is 0.227 e. The normalized spacial score (nSPS) is 20.2. The van der Waals surface area contributed by atoms with Gasteiger partial charge in [0.15, 0.2) is 0 Å². The van der Waals surface area contributed by atoms with Crippen LogP contribution in [0.25, 0.3) is 0 Å². The molecule has 1 aromatic rings. The Hall–Kier alpha value is -2.04. The Morgan fingerprint density at radius 1 is 1.04 bits per heavy atom. The van der Waals surface area contributed by atoms with Gasteiger partial charge in [-0.15, -0.1) is 0 Å². The van der Waals surface area contributed by atoms with E-state index < -0.39 is 0 Å².